The van der Waals surface area contributed by atoms with Crippen molar-refractivity contribution in [3.8, 4) is 5.75 Å². The third kappa shape index (κ3) is 3.37. The van der Waals surface area contributed by atoms with Crippen LogP contribution >= 0.6 is 0 Å². The van der Waals surface area contributed by atoms with Gasteiger partial charge < -0.3 is 15.6 Å². The Labute approximate surface area is 122 Å². The third-order valence-corrected chi connectivity index (χ3v) is 3.46. The Bertz CT molecular complexity index is 602. The molecule has 2 rings (SSSR count). The quantitative estimate of drug-likeness (QED) is 0.891. The van der Waals surface area contributed by atoms with E-state index in [1.54, 1.807) is 31.4 Å². The molecule has 21 heavy (non-hydrogen) atoms. The van der Waals surface area contributed by atoms with Crippen molar-refractivity contribution in [3.63, 3.8) is 0 Å². The molecule has 2 atom stereocenters. The highest BCUT2D eigenvalue weighted by molar-refractivity contribution is 5.32. The maximum Gasteiger partial charge on any atom is 0.129 e. The van der Waals surface area contributed by atoms with Crippen LogP contribution in [0.2, 0.25) is 0 Å². The number of hydrogen-bond acceptors (Lipinski definition) is 3. The Morgan fingerprint density at radius 1 is 1.14 bits per heavy atom. The summed E-state index contributed by atoms with van der Waals surface area (Å²) in [5.74, 6) is -1.13. The Morgan fingerprint density at radius 3 is 2.38 bits per heavy atom. The van der Waals surface area contributed by atoms with Gasteiger partial charge in [-0.15, -0.1) is 0 Å². The second-order valence-electron chi connectivity index (χ2n) is 4.73. The first-order valence-electron chi connectivity index (χ1n) is 6.54. The van der Waals surface area contributed by atoms with Gasteiger partial charge in [0.15, 0.2) is 0 Å². The predicted molar refractivity (Wildman–Crippen MR) is 76.1 cm³/mol. The maximum atomic E-state index is 13.8. The third-order valence-electron chi connectivity index (χ3n) is 3.46. The SMILES string of the molecule is COc1ccc(C(CN)C(O)c2cc(F)ccc2F)cc1. The zero-order valence-electron chi connectivity index (χ0n) is 11.6. The molecule has 0 radical (unpaired) electrons. The van der Waals surface area contributed by atoms with Gasteiger partial charge in [0.05, 0.1) is 13.2 Å². The second-order valence-corrected chi connectivity index (χ2v) is 4.73. The number of ether oxygens (including phenoxy) is 1. The summed E-state index contributed by atoms with van der Waals surface area (Å²) in [7, 11) is 1.55. The molecule has 2 aromatic carbocycles. The van der Waals surface area contributed by atoms with E-state index in [4.69, 9.17) is 10.5 Å². The van der Waals surface area contributed by atoms with Crippen molar-refractivity contribution in [2.24, 2.45) is 5.73 Å². The lowest BCUT2D eigenvalue weighted by Gasteiger charge is -2.23. The molecular weight excluding hydrogens is 276 g/mol. The molecule has 0 aliphatic rings. The summed E-state index contributed by atoms with van der Waals surface area (Å²) in [6.45, 7) is 0.101. The van der Waals surface area contributed by atoms with Crippen LogP contribution in [0.3, 0.4) is 0 Å². The van der Waals surface area contributed by atoms with Crippen molar-refractivity contribution in [3.05, 3.63) is 65.2 Å². The summed E-state index contributed by atoms with van der Waals surface area (Å²) in [4.78, 5) is 0. The predicted octanol–water partition coefficient (Wildman–Crippen LogP) is 2.75. The monoisotopic (exact) mass is 293 g/mol. The van der Waals surface area contributed by atoms with Crippen LogP contribution in [0.4, 0.5) is 8.78 Å². The Balaban J connectivity index is 2.33. The Kier molecular flexibility index (Phi) is 4.88. The number of nitrogens with two attached hydrogens (primary N) is 1. The van der Waals surface area contributed by atoms with Crippen molar-refractivity contribution < 1.29 is 18.6 Å². The molecule has 0 aliphatic carbocycles. The van der Waals surface area contributed by atoms with Crippen LogP contribution < -0.4 is 10.5 Å². The standard InChI is InChI=1S/C16H17F2NO2/c1-21-12-5-2-10(3-6-12)14(9-19)16(20)13-8-11(17)4-7-15(13)18/h2-8,14,16,20H,9,19H2,1H3. The van der Waals surface area contributed by atoms with E-state index in [1.807, 2.05) is 0 Å². The van der Waals surface area contributed by atoms with Crippen molar-refractivity contribution >= 4 is 0 Å². The summed E-state index contributed by atoms with van der Waals surface area (Å²) < 4.78 is 32.1. The lowest BCUT2D eigenvalue weighted by atomic mass is 9.89. The van der Waals surface area contributed by atoms with E-state index < -0.39 is 23.7 Å². The molecule has 0 amide bonds. The smallest absolute Gasteiger partial charge is 0.129 e. The van der Waals surface area contributed by atoms with Gasteiger partial charge in [0.2, 0.25) is 0 Å². The average Bonchev–Trinajstić information content (AvgIpc) is 2.51. The highest BCUT2D eigenvalue weighted by Crippen LogP contribution is 2.32. The Hall–Kier alpha value is -1.98. The van der Waals surface area contributed by atoms with Crippen LogP contribution in [-0.4, -0.2) is 18.8 Å². The fraction of sp³-hybridized carbons (Fsp3) is 0.250. The molecule has 5 heteroatoms. The van der Waals surface area contributed by atoms with E-state index >= 15 is 0 Å². The highest BCUT2D eigenvalue weighted by atomic mass is 19.1. The van der Waals surface area contributed by atoms with Crippen LogP contribution in [0.25, 0.3) is 0 Å². The van der Waals surface area contributed by atoms with E-state index in [2.05, 4.69) is 0 Å². The molecule has 2 unspecified atom stereocenters. The van der Waals surface area contributed by atoms with E-state index in [-0.39, 0.29) is 12.1 Å². The zero-order chi connectivity index (χ0) is 15.4. The minimum Gasteiger partial charge on any atom is -0.497 e. The van der Waals surface area contributed by atoms with Gasteiger partial charge in [-0.3, -0.25) is 0 Å². The molecule has 0 spiro atoms. The molecule has 0 bridgehead atoms. The molecule has 112 valence electrons. The number of aliphatic hydroxyl groups is 1. The van der Waals surface area contributed by atoms with Gasteiger partial charge >= 0.3 is 0 Å². The van der Waals surface area contributed by atoms with Crippen LogP contribution in [0.1, 0.15) is 23.1 Å². The van der Waals surface area contributed by atoms with Crippen LogP contribution in [0.15, 0.2) is 42.5 Å². The van der Waals surface area contributed by atoms with Crippen LogP contribution in [0, 0.1) is 11.6 Å². The molecule has 0 saturated heterocycles. The fourth-order valence-electron chi connectivity index (χ4n) is 2.26. The maximum absolute atomic E-state index is 13.8. The summed E-state index contributed by atoms with van der Waals surface area (Å²) in [5.41, 5.74) is 6.33. The molecule has 2 aromatic rings. The summed E-state index contributed by atoms with van der Waals surface area (Å²) in [6, 6.07) is 9.95. The van der Waals surface area contributed by atoms with E-state index in [9.17, 15) is 13.9 Å². The van der Waals surface area contributed by atoms with Gasteiger partial charge in [-0.2, -0.15) is 0 Å². The average molecular weight is 293 g/mol. The van der Waals surface area contributed by atoms with Gasteiger partial charge in [-0.05, 0) is 35.9 Å². The number of methoxy groups -OCH3 is 1. The molecule has 0 aromatic heterocycles. The lowest BCUT2D eigenvalue weighted by molar-refractivity contribution is 0.142. The number of hydrogen-bond donors (Lipinski definition) is 2. The molecule has 3 N–H and O–H groups in total. The minimum atomic E-state index is -1.22. The van der Waals surface area contributed by atoms with Gasteiger partial charge in [0.25, 0.3) is 0 Å². The summed E-state index contributed by atoms with van der Waals surface area (Å²) in [6.07, 6.45) is -1.22. The van der Waals surface area contributed by atoms with Crippen LogP contribution in [0.5, 0.6) is 5.75 Å². The fourth-order valence-corrected chi connectivity index (χ4v) is 2.26. The molecular formula is C16H17F2NO2. The number of aliphatic hydroxyl groups excluding tert-OH is 1. The first-order valence-corrected chi connectivity index (χ1v) is 6.54. The second kappa shape index (κ2) is 6.65. The van der Waals surface area contributed by atoms with E-state index in [0.717, 1.165) is 23.8 Å². The first kappa shape index (κ1) is 15.4. The van der Waals surface area contributed by atoms with Crippen LogP contribution in [-0.2, 0) is 0 Å². The van der Waals surface area contributed by atoms with Gasteiger partial charge in [-0.25, -0.2) is 8.78 Å². The zero-order valence-corrected chi connectivity index (χ0v) is 11.6. The van der Waals surface area contributed by atoms with E-state index in [0.29, 0.717) is 5.75 Å². The lowest BCUT2D eigenvalue weighted by Crippen LogP contribution is -2.21. The number of rotatable bonds is 5. The van der Waals surface area contributed by atoms with Crippen molar-refractivity contribution in [2.75, 3.05) is 13.7 Å². The number of halogens is 2. The van der Waals surface area contributed by atoms with Gasteiger partial charge in [-0.1, -0.05) is 12.1 Å². The minimum absolute atomic E-state index is 0.0960. The van der Waals surface area contributed by atoms with Gasteiger partial charge in [0, 0.05) is 18.0 Å². The van der Waals surface area contributed by atoms with Gasteiger partial charge in [0.1, 0.15) is 17.4 Å². The first-order chi connectivity index (χ1) is 10.1. The molecule has 0 fully saturated rings. The topological polar surface area (TPSA) is 55.5 Å². The van der Waals surface area contributed by atoms with Crippen molar-refractivity contribution in [2.45, 2.75) is 12.0 Å². The molecule has 0 saturated carbocycles. The summed E-state index contributed by atoms with van der Waals surface area (Å²) >= 11 is 0. The highest BCUT2D eigenvalue weighted by Gasteiger charge is 2.24. The van der Waals surface area contributed by atoms with E-state index in [1.165, 1.54) is 0 Å². The molecule has 0 heterocycles. The molecule has 3 nitrogen and oxygen atoms in total. The Morgan fingerprint density at radius 2 is 1.81 bits per heavy atom. The number of benzene rings is 2. The van der Waals surface area contributed by atoms with Crippen molar-refractivity contribution in [1.82, 2.24) is 0 Å². The summed E-state index contributed by atoms with van der Waals surface area (Å²) in [5, 5.41) is 10.3. The van der Waals surface area contributed by atoms with Crippen molar-refractivity contribution in [1.29, 1.82) is 0 Å². The largest absolute Gasteiger partial charge is 0.497 e. The normalized spacial score (nSPS) is 13.8. The molecule has 0 aliphatic heterocycles.